The first-order valence-electron chi connectivity index (χ1n) is 3.55. The first kappa shape index (κ1) is 5.66. The molecular formula is C9H9N. The molecule has 50 valence electrons. The van der Waals surface area contributed by atoms with Gasteiger partial charge in [-0.1, -0.05) is 18.2 Å². The summed E-state index contributed by atoms with van der Waals surface area (Å²) in [7, 11) is 0. The molecule has 0 radical (unpaired) electrons. The predicted molar refractivity (Wildman–Crippen MR) is 43.0 cm³/mol. The van der Waals surface area contributed by atoms with Crippen molar-refractivity contribution in [3.63, 3.8) is 0 Å². The number of rotatable bonds is 0. The largest absolute Gasteiger partial charge is 0.261 e. The molecule has 0 saturated carbocycles. The molecule has 1 heteroatoms. The maximum Gasteiger partial charge on any atom is 0.0657 e. The monoisotopic (exact) mass is 131 g/mol. The number of aliphatic imine (C=N–C) groups is 1. The highest BCUT2D eigenvalue weighted by molar-refractivity contribution is 5.66. The first-order valence-corrected chi connectivity index (χ1v) is 3.55. The van der Waals surface area contributed by atoms with Crippen molar-refractivity contribution in [2.45, 2.75) is 12.8 Å². The number of hydrogen-bond donors (Lipinski definition) is 0. The normalized spacial score (nSPS) is 21.6. The van der Waals surface area contributed by atoms with Crippen LogP contribution in [0.1, 0.15) is 12.8 Å². The Morgan fingerprint density at radius 1 is 1.40 bits per heavy atom. The average molecular weight is 131 g/mol. The SMILES string of the molecule is C1=CCC2=CCC=NC2=C1. The van der Waals surface area contributed by atoms with Gasteiger partial charge >= 0.3 is 0 Å². The number of dihydropyridines is 1. The highest BCUT2D eigenvalue weighted by atomic mass is 14.7. The minimum Gasteiger partial charge on any atom is -0.261 e. The minimum absolute atomic E-state index is 1.00. The van der Waals surface area contributed by atoms with Gasteiger partial charge in [0.05, 0.1) is 5.70 Å². The molecule has 2 aliphatic rings. The van der Waals surface area contributed by atoms with E-state index in [0.717, 1.165) is 18.5 Å². The molecule has 2 rings (SSSR count). The van der Waals surface area contributed by atoms with Crippen molar-refractivity contribution in [1.82, 2.24) is 0 Å². The van der Waals surface area contributed by atoms with E-state index in [-0.39, 0.29) is 0 Å². The summed E-state index contributed by atoms with van der Waals surface area (Å²) in [5.41, 5.74) is 2.53. The van der Waals surface area contributed by atoms with E-state index in [9.17, 15) is 0 Å². The third-order valence-electron chi connectivity index (χ3n) is 1.76. The highest BCUT2D eigenvalue weighted by Gasteiger charge is 2.06. The van der Waals surface area contributed by atoms with Gasteiger partial charge in [0.25, 0.3) is 0 Å². The van der Waals surface area contributed by atoms with Crippen LogP contribution in [0.25, 0.3) is 0 Å². The summed E-state index contributed by atoms with van der Waals surface area (Å²) in [5, 5.41) is 0. The maximum atomic E-state index is 4.27. The quantitative estimate of drug-likeness (QED) is 0.478. The molecule has 1 nitrogen and oxygen atoms in total. The summed E-state index contributed by atoms with van der Waals surface area (Å²) in [6, 6.07) is 0. The fourth-order valence-electron chi connectivity index (χ4n) is 1.23. The van der Waals surface area contributed by atoms with Crippen LogP contribution < -0.4 is 0 Å². The zero-order chi connectivity index (χ0) is 6.81. The Morgan fingerprint density at radius 3 is 3.30 bits per heavy atom. The van der Waals surface area contributed by atoms with Crippen LogP contribution in [0.15, 0.2) is 40.6 Å². The van der Waals surface area contributed by atoms with Crippen molar-refractivity contribution in [3.8, 4) is 0 Å². The number of allylic oxidation sites excluding steroid dienone is 5. The van der Waals surface area contributed by atoms with Gasteiger partial charge in [-0.15, -0.1) is 0 Å². The van der Waals surface area contributed by atoms with Gasteiger partial charge in [-0.2, -0.15) is 0 Å². The summed E-state index contributed by atoms with van der Waals surface area (Å²) < 4.78 is 0. The fraction of sp³-hybridized carbons (Fsp3) is 0.222. The topological polar surface area (TPSA) is 12.4 Å². The summed E-state index contributed by atoms with van der Waals surface area (Å²) in [6.07, 6.45) is 12.5. The van der Waals surface area contributed by atoms with E-state index in [1.165, 1.54) is 5.57 Å². The van der Waals surface area contributed by atoms with Gasteiger partial charge in [0.2, 0.25) is 0 Å². The van der Waals surface area contributed by atoms with E-state index in [1.807, 2.05) is 6.21 Å². The third-order valence-corrected chi connectivity index (χ3v) is 1.76. The Hall–Kier alpha value is -1.11. The summed E-state index contributed by atoms with van der Waals surface area (Å²) in [6.45, 7) is 0. The molecular weight excluding hydrogens is 122 g/mol. The van der Waals surface area contributed by atoms with Crippen LogP contribution in [0.2, 0.25) is 0 Å². The molecule has 1 heterocycles. The minimum atomic E-state index is 1.00. The van der Waals surface area contributed by atoms with Gasteiger partial charge < -0.3 is 0 Å². The third kappa shape index (κ3) is 0.838. The predicted octanol–water partition coefficient (Wildman–Crippen LogP) is 2.23. The van der Waals surface area contributed by atoms with E-state index in [0.29, 0.717) is 0 Å². The number of hydrogen-bond acceptors (Lipinski definition) is 1. The zero-order valence-corrected chi connectivity index (χ0v) is 5.75. The molecule has 0 fully saturated rings. The molecule has 0 amide bonds. The summed E-state index contributed by atoms with van der Waals surface area (Å²) in [5.74, 6) is 0. The van der Waals surface area contributed by atoms with Crippen molar-refractivity contribution < 1.29 is 0 Å². The molecule has 0 aromatic carbocycles. The van der Waals surface area contributed by atoms with Crippen LogP contribution in [0.4, 0.5) is 0 Å². The molecule has 10 heavy (non-hydrogen) atoms. The molecule has 0 atom stereocenters. The highest BCUT2D eigenvalue weighted by Crippen LogP contribution is 2.22. The molecule has 1 aliphatic heterocycles. The zero-order valence-electron chi connectivity index (χ0n) is 5.75. The van der Waals surface area contributed by atoms with Gasteiger partial charge in [0, 0.05) is 12.6 Å². The van der Waals surface area contributed by atoms with Gasteiger partial charge in [0.15, 0.2) is 0 Å². The van der Waals surface area contributed by atoms with Gasteiger partial charge in [-0.3, -0.25) is 4.99 Å². The Morgan fingerprint density at radius 2 is 2.40 bits per heavy atom. The molecule has 0 spiro atoms. The van der Waals surface area contributed by atoms with Crippen LogP contribution in [0, 0.1) is 0 Å². The van der Waals surface area contributed by atoms with Crippen molar-refractivity contribution >= 4 is 6.21 Å². The Balaban J connectivity index is 2.39. The van der Waals surface area contributed by atoms with Crippen molar-refractivity contribution in [2.24, 2.45) is 4.99 Å². The van der Waals surface area contributed by atoms with E-state index in [2.05, 4.69) is 29.3 Å². The standard InChI is InChI=1S/C9H9N/c1-2-6-9-8(4-1)5-3-7-10-9/h1-2,5-7H,3-4H2. The van der Waals surface area contributed by atoms with E-state index in [1.54, 1.807) is 0 Å². The fourth-order valence-corrected chi connectivity index (χ4v) is 1.23. The maximum absolute atomic E-state index is 4.27. The van der Waals surface area contributed by atoms with Crippen LogP contribution in [0.5, 0.6) is 0 Å². The lowest BCUT2D eigenvalue weighted by Gasteiger charge is -2.11. The number of nitrogens with zero attached hydrogens (tertiary/aromatic N) is 1. The molecule has 0 N–H and O–H groups in total. The second-order valence-corrected chi connectivity index (χ2v) is 2.46. The van der Waals surface area contributed by atoms with Crippen molar-refractivity contribution in [1.29, 1.82) is 0 Å². The average Bonchev–Trinajstić information content (AvgIpc) is 2.05. The smallest absolute Gasteiger partial charge is 0.0657 e. The lowest BCUT2D eigenvalue weighted by molar-refractivity contribution is 1.11. The molecule has 0 saturated heterocycles. The Labute approximate surface area is 60.5 Å². The van der Waals surface area contributed by atoms with Gasteiger partial charge in [0.1, 0.15) is 0 Å². The van der Waals surface area contributed by atoms with E-state index in [4.69, 9.17) is 0 Å². The van der Waals surface area contributed by atoms with Crippen LogP contribution in [-0.2, 0) is 0 Å². The molecule has 0 unspecified atom stereocenters. The van der Waals surface area contributed by atoms with Crippen LogP contribution >= 0.6 is 0 Å². The summed E-state index contributed by atoms with van der Waals surface area (Å²) >= 11 is 0. The second-order valence-electron chi connectivity index (χ2n) is 2.46. The van der Waals surface area contributed by atoms with E-state index >= 15 is 0 Å². The van der Waals surface area contributed by atoms with Crippen LogP contribution in [-0.4, -0.2) is 6.21 Å². The molecule has 1 aliphatic carbocycles. The number of fused-ring (bicyclic) bond motifs is 1. The second kappa shape index (κ2) is 2.25. The molecule has 0 aromatic rings. The lowest BCUT2D eigenvalue weighted by Crippen LogP contribution is -1.95. The summed E-state index contributed by atoms with van der Waals surface area (Å²) in [4.78, 5) is 4.27. The first-order chi connectivity index (χ1) is 4.97. The lowest BCUT2D eigenvalue weighted by atomic mass is 10.0. The van der Waals surface area contributed by atoms with Gasteiger partial charge in [-0.25, -0.2) is 0 Å². The molecule has 0 bridgehead atoms. The van der Waals surface area contributed by atoms with Crippen molar-refractivity contribution in [3.05, 3.63) is 35.6 Å². The van der Waals surface area contributed by atoms with Crippen LogP contribution in [0.3, 0.4) is 0 Å². The Bertz CT molecular complexity index is 254. The molecule has 0 aromatic heterocycles. The Kier molecular flexibility index (Phi) is 1.28. The van der Waals surface area contributed by atoms with Gasteiger partial charge in [-0.05, 0) is 18.1 Å². The van der Waals surface area contributed by atoms with E-state index < -0.39 is 0 Å². The van der Waals surface area contributed by atoms with Crippen molar-refractivity contribution in [2.75, 3.05) is 0 Å².